The fourth-order valence-electron chi connectivity index (χ4n) is 8.39. The molecule has 6 heteroatoms. The monoisotopic (exact) mass is 863 g/mol. The van der Waals surface area contributed by atoms with Crippen molar-refractivity contribution in [3.63, 3.8) is 0 Å². The van der Waals surface area contributed by atoms with Crippen LogP contribution in [0.2, 0.25) is 0 Å². The quantitative estimate of drug-likeness (QED) is 0.0344. The smallest absolute Gasteiger partial charge is 0.306 e. The third kappa shape index (κ3) is 49.3. The predicted octanol–water partition coefficient (Wildman–Crippen LogP) is 17.8. The average Bonchev–Trinajstić information content (AvgIpc) is 3.24. The van der Waals surface area contributed by atoms with Gasteiger partial charge in [0.1, 0.15) is 13.2 Å². The number of hydrogen-bond acceptors (Lipinski definition) is 6. The number of ether oxygens (including phenoxy) is 3. The fraction of sp³-hybridized carbons (Fsp3) is 0.945. The van der Waals surface area contributed by atoms with Crippen LogP contribution in [0.5, 0.6) is 0 Å². The van der Waals surface area contributed by atoms with E-state index in [0.29, 0.717) is 19.3 Å². The molecule has 0 aromatic heterocycles. The minimum Gasteiger partial charge on any atom is -0.462 e. The Labute approximate surface area is 380 Å². The summed E-state index contributed by atoms with van der Waals surface area (Å²) in [6.45, 7) is 9.04. The van der Waals surface area contributed by atoms with Crippen LogP contribution in [0.25, 0.3) is 0 Å². The molecule has 362 valence electrons. The second kappa shape index (κ2) is 49.4. The van der Waals surface area contributed by atoms with Crippen LogP contribution in [0.4, 0.5) is 0 Å². The first-order chi connectivity index (χ1) is 29.9. The molecule has 0 bridgehead atoms. The third-order valence-corrected chi connectivity index (χ3v) is 12.5. The van der Waals surface area contributed by atoms with E-state index in [1.807, 2.05) is 0 Å². The summed E-state index contributed by atoms with van der Waals surface area (Å²) in [5.74, 6) is -0.00530. The molecule has 0 amide bonds. The lowest BCUT2D eigenvalue weighted by Crippen LogP contribution is -2.30. The van der Waals surface area contributed by atoms with Crippen LogP contribution >= 0.6 is 0 Å². The molecular weight excluding hydrogens is 757 g/mol. The zero-order chi connectivity index (χ0) is 44.5. The second-order valence-electron chi connectivity index (χ2n) is 19.3. The van der Waals surface area contributed by atoms with Gasteiger partial charge in [0.05, 0.1) is 0 Å². The minimum absolute atomic E-state index is 0.0622. The Hall–Kier alpha value is -1.59. The molecule has 1 atom stereocenters. The highest BCUT2D eigenvalue weighted by Gasteiger charge is 2.19. The Morgan fingerprint density at radius 3 is 0.803 bits per heavy atom. The number of carbonyl (C=O) groups is 3. The molecule has 0 rings (SSSR count). The first kappa shape index (κ1) is 59.4. The predicted molar refractivity (Wildman–Crippen MR) is 261 cm³/mol. The van der Waals surface area contributed by atoms with Crippen molar-refractivity contribution in [2.75, 3.05) is 13.2 Å². The van der Waals surface area contributed by atoms with E-state index in [0.717, 1.165) is 63.7 Å². The van der Waals surface area contributed by atoms with Gasteiger partial charge in [-0.1, -0.05) is 272 Å². The van der Waals surface area contributed by atoms with E-state index in [-0.39, 0.29) is 31.1 Å². The highest BCUT2D eigenvalue weighted by Crippen LogP contribution is 2.17. The molecule has 0 heterocycles. The van der Waals surface area contributed by atoms with E-state index in [1.165, 1.54) is 205 Å². The Balaban J connectivity index is 4.31. The molecule has 0 saturated heterocycles. The summed E-state index contributed by atoms with van der Waals surface area (Å²) in [6.07, 6.45) is 52.3. The molecule has 0 aliphatic rings. The second-order valence-corrected chi connectivity index (χ2v) is 19.3. The molecule has 6 nitrogen and oxygen atoms in total. The van der Waals surface area contributed by atoms with Gasteiger partial charge in [0.25, 0.3) is 0 Å². The summed E-state index contributed by atoms with van der Waals surface area (Å²) < 4.78 is 16.8. The molecule has 0 radical (unpaired) electrons. The minimum atomic E-state index is -0.761. The van der Waals surface area contributed by atoms with Crippen LogP contribution in [0.1, 0.15) is 310 Å². The Morgan fingerprint density at radius 2 is 0.541 bits per heavy atom. The standard InChI is InChI=1S/C55H106O6/c1-5-7-9-11-13-15-17-19-20-22-28-32-36-40-44-48-55(58)61-52(49-59-53(56)46-42-38-34-30-26-21-18-16-14-12-10-8-6-2)50-60-54(57)47-43-39-35-31-27-24-23-25-29-33-37-41-45-51(3)4/h51-52H,5-50H2,1-4H3/t52-/m1/s1. The maximum absolute atomic E-state index is 12.8. The third-order valence-electron chi connectivity index (χ3n) is 12.5. The number of esters is 3. The van der Waals surface area contributed by atoms with Crippen LogP contribution in [-0.4, -0.2) is 37.2 Å². The summed E-state index contributed by atoms with van der Waals surface area (Å²) in [5.41, 5.74) is 0. The van der Waals surface area contributed by atoms with Crippen LogP contribution in [-0.2, 0) is 28.6 Å². The van der Waals surface area contributed by atoms with E-state index >= 15 is 0 Å². The number of unbranched alkanes of at least 4 members (excludes halogenated alkanes) is 37. The SMILES string of the molecule is CCCCCCCCCCCCCCCCCC(=O)O[C@H](COC(=O)CCCCCCCCCCCCCCC)COC(=O)CCCCCCCCCCCCCCC(C)C. The summed E-state index contributed by atoms with van der Waals surface area (Å²) in [6, 6.07) is 0. The fourth-order valence-corrected chi connectivity index (χ4v) is 8.39. The van der Waals surface area contributed by atoms with E-state index < -0.39 is 6.10 Å². The normalized spacial score (nSPS) is 12.0. The van der Waals surface area contributed by atoms with Crippen molar-refractivity contribution >= 4 is 17.9 Å². The van der Waals surface area contributed by atoms with Gasteiger partial charge in [-0.25, -0.2) is 0 Å². The number of carbonyl (C=O) groups excluding carboxylic acids is 3. The lowest BCUT2D eigenvalue weighted by molar-refractivity contribution is -0.167. The van der Waals surface area contributed by atoms with Gasteiger partial charge in [0.15, 0.2) is 6.10 Å². The number of hydrogen-bond donors (Lipinski definition) is 0. The Bertz CT molecular complexity index is 918. The van der Waals surface area contributed by atoms with Gasteiger partial charge in [0.2, 0.25) is 0 Å². The number of rotatable bonds is 50. The molecule has 61 heavy (non-hydrogen) atoms. The largest absolute Gasteiger partial charge is 0.462 e. The van der Waals surface area contributed by atoms with Crippen molar-refractivity contribution in [3.8, 4) is 0 Å². The van der Waals surface area contributed by atoms with Crippen molar-refractivity contribution in [3.05, 3.63) is 0 Å². The van der Waals surface area contributed by atoms with E-state index in [2.05, 4.69) is 27.7 Å². The molecule has 0 unspecified atom stereocenters. The molecule has 0 aliphatic carbocycles. The van der Waals surface area contributed by atoms with Gasteiger partial charge < -0.3 is 14.2 Å². The summed E-state index contributed by atoms with van der Waals surface area (Å²) >= 11 is 0. The van der Waals surface area contributed by atoms with Crippen LogP contribution in [0.15, 0.2) is 0 Å². The van der Waals surface area contributed by atoms with Crippen molar-refractivity contribution in [2.24, 2.45) is 5.92 Å². The summed E-state index contributed by atoms with van der Waals surface area (Å²) in [5, 5.41) is 0. The van der Waals surface area contributed by atoms with Crippen LogP contribution in [0.3, 0.4) is 0 Å². The molecule has 0 fully saturated rings. The first-order valence-corrected chi connectivity index (χ1v) is 27.4. The molecule has 0 aliphatic heterocycles. The molecule has 0 spiro atoms. The Morgan fingerprint density at radius 1 is 0.311 bits per heavy atom. The summed E-state index contributed by atoms with van der Waals surface area (Å²) in [7, 11) is 0. The molecule has 0 N–H and O–H groups in total. The molecule has 0 aromatic rings. The first-order valence-electron chi connectivity index (χ1n) is 27.4. The molecule has 0 saturated carbocycles. The lowest BCUT2D eigenvalue weighted by atomic mass is 10.0. The topological polar surface area (TPSA) is 78.9 Å². The van der Waals surface area contributed by atoms with Crippen molar-refractivity contribution in [1.29, 1.82) is 0 Å². The maximum atomic E-state index is 12.8. The van der Waals surface area contributed by atoms with Gasteiger partial charge in [0, 0.05) is 19.3 Å². The summed E-state index contributed by atoms with van der Waals surface area (Å²) in [4.78, 5) is 38.0. The van der Waals surface area contributed by atoms with Crippen LogP contribution in [0, 0.1) is 5.92 Å². The van der Waals surface area contributed by atoms with Crippen LogP contribution < -0.4 is 0 Å². The van der Waals surface area contributed by atoms with Gasteiger partial charge in [-0.05, 0) is 25.2 Å². The highest BCUT2D eigenvalue weighted by atomic mass is 16.6. The van der Waals surface area contributed by atoms with Gasteiger partial charge in [-0.15, -0.1) is 0 Å². The zero-order valence-electron chi connectivity index (χ0n) is 41.6. The van der Waals surface area contributed by atoms with E-state index in [9.17, 15) is 14.4 Å². The van der Waals surface area contributed by atoms with Gasteiger partial charge >= 0.3 is 17.9 Å². The highest BCUT2D eigenvalue weighted by molar-refractivity contribution is 5.71. The van der Waals surface area contributed by atoms with Crippen molar-refractivity contribution in [2.45, 2.75) is 316 Å². The Kier molecular flexibility index (Phi) is 48.1. The van der Waals surface area contributed by atoms with Crippen molar-refractivity contribution < 1.29 is 28.6 Å². The van der Waals surface area contributed by atoms with Gasteiger partial charge in [-0.2, -0.15) is 0 Å². The van der Waals surface area contributed by atoms with E-state index in [1.54, 1.807) is 0 Å². The van der Waals surface area contributed by atoms with E-state index in [4.69, 9.17) is 14.2 Å². The lowest BCUT2D eigenvalue weighted by Gasteiger charge is -2.18. The molecule has 0 aromatic carbocycles. The van der Waals surface area contributed by atoms with Gasteiger partial charge in [-0.3, -0.25) is 14.4 Å². The molecular formula is C55H106O6. The zero-order valence-corrected chi connectivity index (χ0v) is 41.6. The van der Waals surface area contributed by atoms with Crippen molar-refractivity contribution in [1.82, 2.24) is 0 Å². The maximum Gasteiger partial charge on any atom is 0.306 e. The average molecular weight is 863 g/mol.